The van der Waals surface area contributed by atoms with Crippen molar-refractivity contribution in [3.63, 3.8) is 0 Å². The van der Waals surface area contributed by atoms with Gasteiger partial charge >= 0.3 is 0 Å². The summed E-state index contributed by atoms with van der Waals surface area (Å²) in [6, 6.07) is 8.49. The van der Waals surface area contributed by atoms with Gasteiger partial charge in [0.05, 0.1) is 7.11 Å². The van der Waals surface area contributed by atoms with Gasteiger partial charge in [0.25, 0.3) is 0 Å². The quantitative estimate of drug-likeness (QED) is 0.582. The lowest BCUT2D eigenvalue weighted by molar-refractivity contribution is -0.119. The van der Waals surface area contributed by atoms with E-state index in [0.717, 1.165) is 44.2 Å². The lowest BCUT2D eigenvalue weighted by Gasteiger charge is -2.37. The third-order valence-electron chi connectivity index (χ3n) is 6.35. The summed E-state index contributed by atoms with van der Waals surface area (Å²) < 4.78 is 5.45. The van der Waals surface area contributed by atoms with Gasteiger partial charge in [0.2, 0.25) is 5.91 Å². The summed E-state index contributed by atoms with van der Waals surface area (Å²) in [7, 11) is 3.56. The molecular weight excluding hydrogens is 352 g/mol. The molecule has 1 unspecified atom stereocenters. The normalized spacial score (nSPS) is 22.1. The molecule has 1 aliphatic heterocycles. The van der Waals surface area contributed by atoms with Gasteiger partial charge in [-0.15, -0.1) is 0 Å². The van der Waals surface area contributed by atoms with Crippen molar-refractivity contribution in [2.24, 2.45) is 16.6 Å². The number of aliphatic imine (C=N–C) groups is 1. The zero-order chi connectivity index (χ0) is 20.0. The van der Waals surface area contributed by atoms with Crippen LogP contribution in [0.1, 0.15) is 50.5 Å². The monoisotopic (exact) mass is 386 g/mol. The molecule has 1 amide bonds. The minimum Gasteiger partial charge on any atom is -0.497 e. The molecule has 6 nitrogen and oxygen atoms in total. The highest BCUT2D eigenvalue weighted by atomic mass is 16.5. The fourth-order valence-electron chi connectivity index (χ4n) is 4.86. The molecule has 154 valence electrons. The average Bonchev–Trinajstić information content (AvgIpc) is 3.18. The molecule has 1 atom stereocenters. The van der Waals surface area contributed by atoms with Crippen molar-refractivity contribution < 1.29 is 9.53 Å². The molecule has 0 aromatic heterocycles. The standard InChI is InChI=1S/C22H34N4O2/c1-24-21(26-12-6-7-17(15-26)13-20(23)27)25-16-22(10-3-4-11-22)18-8-5-9-19(14-18)28-2/h5,8-9,14,17H,3-4,6-7,10-13,15-16H2,1-2H3,(H2,23,27)(H,24,25). The smallest absolute Gasteiger partial charge is 0.217 e. The van der Waals surface area contributed by atoms with Crippen molar-refractivity contribution in [1.29, 1.82) is 0 Å². The summed E-state index contributed by atoms with van der Waals surface area (Å²) in [5, 5.41) is 3.65. The van der Waals surface area contributed by atoms with Crippen molar-refractivity contribution in [1.82, 2.24) is 10.2 Å². The van der Waals surface area contributed by atoms with Gasteiger partial charge in [-0.2, -0.15) is 0 Å². The molecule has 0 bridgehead atoms. The number of benzene rings is 1. The lowest BCUT2D eigenvalue weighted by atomic mass is 9.78. The van der Waals surface area contributed by atoms with E-state index in [4.69, 9.17) is 10.5 Å². The molecule has 3 rings (SSSR count). The van der Waals surface area contributed by atoms with Crippen molar-refractivity contribution >= 4 is 11.9 Å². The Hall–Kier alpha value is -2.24. The van der Waals surface area contributed by atoms with E-state index in [1.807, 2.05) is 13.1 Å². The number of primary amides is 1. The van der Waals surface area contributed by atoms with E-state index in [-0.39, 0.29) is 11.3 Å². The van der Waals surface area contributed by atoms with Gasteiger partial charge in [-0.3, -0.25) is 9.79 Å². The van der Waals surface area contributed by atoms with Crippen molar-refractivity contribution in [2.45, 2.75) is 50.4 Å². The predicted molar refractivity (Wildman–Crippen MR) is 113 cm³/mol. The van der Waals surface area contributed by atoms with Gasteiger partial charge in [0, 0.05) is 38.5 Å². The van der Waals surface area contributed by atoms with Gasteiger partial charge in [-0.05, 0) is 49.3 Å². The van der Waals surface area contributed by atoms with E-state index < -0.39 is 0 Å². The van der Waals surface area contributed by atoms with Crippen LogP contribution in [0.3, 0.4) is 0 Å². The van der Waals surface area contributed by atoms with Crippen LogP contribution in [0.4, 0.5) is 0 Å². The average molecular weight is 387 g/mol. The van der Waals surface area contributed by atoms with Crippen LogP contribution in [-0.2, 0) is 10.2 Å². The number of piperidine rings is 1. The molecule has 1 aromatic carbocycles. The van der Waals surface area contributed by atoms with E-state index in [0.29, 0.717) is 12.3 Å². The zero-order valence-corrected chi connectivity index (χ0v) is 17.2. The first-order chi connectivity index (χ1) is 13.6. The number of rotatable bonds is 6. The topological polar surface area (TPSA) is 80.0 Å². The number of nitrogens with one attached hydrogen (secondary N) is 1. The maximum Gasteiger partial charge on any atom is 0.217 e. The number of nitrogens with zero attached hydrogens (tertiary/aromatic N) is 2. The van der Waals surface area contributed by atoms with Crippen LogP contribution < -0.4 is 15.8 Å². The molecule has 0 spiro atoms. The maximum atomic E-state index is 11.3. The Balaban J connectivity index is 1.69. The van der Waals surface area contributed by atoms with E-state index in [9.17, 15) is 4.79 Å². The van der Waals surface area contributed by atoms with E-state index >= 15 is 0 Å². The van der Waals surface area contributed by atoms with E-state index in [1.165, 1.54) is 31.2 Å². The molecule has 3 N–H and O–H groups in total. The largest absolute Gasteiger partial charge is 0.497 e. The third kappa shape index (κ3) is 4.78. The summed E-state index contributed by atoms with van der Waals surface area (Å²) >= 11 is 0. The van der Waals surface area contributed by atoms with E-state index in [1.54, 1.807) is 7.11 Å². The molecule has 1 saturated carbocycles. The van der Waals surface area contributed by atoms with Crippen LogP contribution in [0, 0.1) is 5.92 Å². The molecule has 1 aromatic rings. The van der Waals surface area contributed by atoms with Crippen LogP contribution >= 0.6 is 0 Å². The number of guanidine groups is 1. The molecule has 1 aliphatic carbocycles. The molecular formula is C22H34N4O2. The molecule has 2 aliphatic rings. The fraction of sp³-hybridized carbons (Fsp3) is 0.636. The molecule has 1 heterocycles. The maximum absolute atomic E-state index is 11.3. The van der Waals surface area contributed by atoms with Crippen LogP contribution in [0.5, 0.6) is 5.75 Å². The number of amides is 1. The van der Waals surface area contributed by atoms with Gasteiger partial charge in [-0.25, -0.2) is 0 Å². The van der Waals surface area contributed by atoms with Crippen LogP contribution in [0.2, 0.25) is 0 Å². The number of hydrogen-bond acceptors (Lipinski definition) is 3. The second-order valence-electron chi connectivity index (χ2n) is 8.24. The number of carbonyl (C=O) groups is 1. The second kappa shape index (κ2) is 9.30. The van der Waals surface area contributed by atoms with Gasteiger partial charge in [-0.1, -0.05) is 25.0 Å². The number of ether oxygens (including phenoxy) is 1. The minimum absolute atomic E-state index is 0.118. The fourth-order valence-corrected chi connectivity index (χ4v) is 4.86. The van der Waals surface area contributed by atoms with Gasteiger partial charge in [0.1, 0.15) is 5.75 Å². The summed E-state index contributed by atoms with van der Waals surface area (Å²) in [6.07, 6.45) is 7.44. The third-order valence-corrected chi connectivity index (χ3v) is 6.35. The molecule has 2 fully saturated rings. The molecule has 28 heavy (non-hydrogen) atoms. The molecule has 6 heteroatoms. The highest BCUT2D eigenvalue weighted by Gasteiger charge is 2.36. The second-order valence-corrected chi connectivity index (χ2v) is 8.24. The summed E-state index contributed by atoms with van der Waals surface area (Å²) in [5.41, 5.74) is 6.87. The van der Waals surface area contributed by atoms with Crippen molar-refractivity contribution in [3.8, 4) is 5.75 Å². The molecule has 0 radical (unpaired) electrons. The Morgan fingerprint density at radius 1 is 1.36 bits per heavy atom. The van der Waals surface area contributed by atoms with Gasteiger partial charge in [0.15, 0.2) is 5.96 Å². The SMILES string of the molecule is CN=C(NCC1(c2cccc(OC)c2)CCCC1)N1CCCC(CC(N)=O)C1. The first-order valence-corrected chi connectivity index (χ1v) is 10.4. The first-order valence-electron chi connectivity index (χ1n) is 10.4. The Labute approximate surface area is 168 Å². The van der Waals surface area contributed by atoms with Gasteiger partial charge < -0.3 is 20.7 Å². The minimum atomic E-state index is -0.210. The van der Waals surface area contributed by atoms with Crippen LogP contribution in [-0.4, -0.2) is 50.6 Å². The van der Waals surface area contributed by atoms with Crippen molar-refractivity contribution in [3.05, 3.63) is 29.8 Å². The highest BCUT2D eigenvalue weighted by Crippen LogP contribution is 2.41. The Morgan fingerprint density at radius 3 is 2.82 bits per heavy atom. The Morgan fingerprint density at radius 2 is 2.14 bits per heavy atom. The Bertz CT molecular complexity index is 698. The van der Waals surface area contributed by atoms with Crippen molar-refractivity contribution in [2.75, 3.05) is 33.8 Å². The number of likely N-dealkylation sites (tertiary alicyclic amines) is 1. The van der Waals surface area contributed by atoms with E-state index in [2.05, 4.69) is 33.4 Å². The first kappa shape index (κ1) is 20.5. The van der Waals surface area contributed by atoms with Crippen LogP contribution in [0.25, 0.3) is 0 Å². The molecule has 1 saturated heterocycles. The summed E-state index contributed by atoms with van der Waals surface area (Å²) in [4.78, 5) is 18.1. The Kier molecular flexibility index (Phi) is 6.81. The number of carbonyl (C=O) groups excluding carboxylic acids is 1. The number of hydrogen-bond donors (Lipinski definition) is 2. The van der Waals surface area contributed by atoms with Crippen LogP contribution in [0.15, 0.2) is 29.3 Å². The lowest BCUT2D eigenvalue weighted by Crippen LogP contribution is -2.50. The number of nitrogens with two attached hydrogens (primary N) is 1. The predicted octanol–water partition coefficient (Wildman–Crippen LogP) is 2.67. The summed E-state index contributed by atoms with van der Waals surface area (Å²) in [6.45, 7) is 2.68. The summed E-state index contributed by atoms with van der Waals surface area (Å²) in [5.74, 6) is 1.96. The zero-order valence-electron chi connectivity index (χ0n) is 17.2. The number of methoxy groups -OCH3 is 1. The highest BCUT2D eigenvalue weighted by molar-refractivity contribution is 5.80.